The van der Waals surface area contributed by atoms with E-state index >= 15 is 0 Å². The largest absolute Gasteiger partial charge is 0.493 e. The summed E-state index contributed by atoms with van der Waals surface area (Å²) in [5.74, 6) is 1.92. The maximum Gasteiger partial charge on any atom is 0.128 e. The number of hydrogen-bond acceptors (Lipinski definition) is 4. The number of hydrogen-bond donors (Lipinski definition) is 2. The number of nitrogens with zero attached hydrogens (tertiary/aromatic N) is 1. The highest BCUT2D eigenvalue weighted by Gasteiger charge is 2.30. The third-order valence-electron chi connectivity index (χ3n) is 3.92. The van der Waals surface area contributed by atoms with Crippen molar-refractivity contribution in [3.8, 4) is 5.75 Å². The molecule has 3 rings (SSSR count). The van der Waals surface area contributed by atoms with E-state index in [1.165, 1.54) is 5.56 Å². The van der Waals surface area contributed by atoms with Crippen LogP contribution in [-0.2, 0) is 0 Å². The topological polar surface area (TPSA) is 60.2 Å². The average molecular weight is 269 g/mol. The Bertz CT molecular complexity index is 600. The third-order valence-corrected chi connectivity index (χ3v) is 3.92. The highest BCUT2D eigenvalue weighted by Crippen LogP contribution is 2.41. The van der Waals surface area contributed by atoms with Gasteiger partial charge in [-0.25, -0.2) is 4.98 Å². The van der Waals surface area contributed by atoms with Crippen molar-refractivity contribution in [3.05, 3.63) is 53.7 Å². The van der Waals surface area contributed by atoms with Crippen LogP contribution in [-0.4, -0.2) is 18.6 Å². The molecule has 0 spiro atoms. The van der Waals surface area contributed by atoms with Crippen molar-refractivity contribution in [1.29, 1.82) is 0 Å². The van der Waals surface area contributed by atoms with Crippen molar-refractivity contribution in [2.75, 3.05) is 19.4 Å². The molecule has 0 amide bonds. The van der Waals surface area contributed by atoms with Crippen LogP contribution in [0.5, 0.6) is 5.75 Å². The van der Waals surface area contributed by atoms with Gasteiger partial charge in [0, 0.05) is 23.7 Å². The summed E-state index contributed by atoms with van der Waals surface area (Å²) in [6, 6.07) is 12.3. The molecule has 0 bridgehead atoms. The van der Waals surface area contributed by atoms with E-state index in [1.807, 2.05) is 31.3 Å². The predicted molar refractivity (Wildman–Crippen MR) is 79.7 cm³/mol. The van der Waals surface area contributed by atoms with E-state index < -0.39 is 0 Å². The third kappa shape index (κ3) is 2.23. The van der Waals surface area contributed by atoms with Crippen molar-refractivity contribution >= 4 is 5.82 Å². The average Bonchev–Trinajstić information content (AvgIpc) is 2.50. The molecule has 3 N–H and O–H groups in total. The van der Waals surface area contributed by atoms with Crippen LogP contribution in [0.25, 0.3) is 0 Å². The number of fused-ring (bicyclic) bond motifs is 1. The summed E-state index contributed by atoms with van der Waals surface area (Å²) in [6.07, 6.45) is 2.69. The number of rotatable bonds is 3. The number of benzene rings is 1. The fourth-order valence-corrected chi connectivity index (χ4v) is 2.98. The second-order valence-corrected chi connectivity index (χ2v) is 5.03. The first-order valence-electron chi connectivity index (χ1n) is 6.90. The number of likely N-dealkylation sites (N-methyl/N-ethyl adjacent to an activating group) is 1. The minimum atomic E-state index is 0.147. The number of nitrogens with two attached hydrogens (primary N) is 1. The molecule has 0 aliphatic carbocycles. The van der Waals surface area contributed by atoms with Gasteiger partial charge < -0.3 is 15.8 Å². The lowest BCUT2D eigenvalue weighted by molar-refractivity contribution is 0.248. The first kappa shape index (κ1) is 12.9. The fourth-order valence-electron chi connectivity index (χ4n) is 2.98. The molecule has 0 saturated heterocycles. The Morgan fingerprint density at radius 3 is 2.95 bits per heavy atom. The smallest absolute Gasteiger partial charge is 0.128 e. The number of pyridine rings is 1. The van der Waals surface area contributed by atoms with E-state index in [4.69, 9.17) is 10.5 Å². The molecule has 1 aromatic carbocycles. The number of aromatic nitrogens is 1. The van der Waals surface area contributed by atoms with Gasteiger partial charge in [0.05, 0.1) is 6.61 Å². The molecular weight excluding hydrogens is 250 g/mol. The van der Waals surface area contributed by atoms with Crippen LogP contribution in [0, 0.1) is 0 Å². The zero-order chi connectivity index (χ0) is 13.9. The highest BCUT2D eigenvalue weighted by molar-refractivity contribution is 5.46. The molecule has 0 radical (unpaired) electrons. The molecule has 0 saturated carbocycles. The van der Waals surface area contributed by atoms with E-state index in [-0.39, 0.29) is 6.04 Å². The van der Waals surface area contributed by atoms with Gasteiger partial charge in [0.2, 0.25) is 0 Å². The number of para-hydroxylation sites is 1. The zero-order valence-corrected chi connectivity index (χ0v) is 11.5. The summed E-state index contributed by atoms with van der Waals surface area (Å²) in [5, 5.41) is 3.39. The molecule has 1 aliphatic rings. The molecule has 4 heteroatoms. The predicted octanol–water partition coefficient (Wildman–Crippen LogP) is 2.49. The molecule has 2 unspecified atom stereocenters. The Kier molecular flexibility index (Phi) is 3.56. The minimum Gasteiger partial charge on any atom is -0.493 e. The molecule has 20 heavy (non-hydrogen) atoms. The highest BCUT2D eigenvalue weighted by atomic mass is 16.5. The van der Waals surface area contributed by atoms with Crippen LogP contribution in [0.4, 0.5) is 5.82 Å². The van der Waals surface area contributed by atoms with Gasteiger partial charge in [0.25, 0.3) is 0 Å². The van der Waals surface area contributed by atoms with Crippen molar-refractivity contribution < 1.29 is 4.74 Å². The number of ether oxygens (including phenoxy) is 1. The Hall–Kier alpha value is -2.07. The van der Waals surface area contributed by atoms with Gasteiger partial charge in [0.15, 0.2) is 0 Å². The van der Waals surface area contributed by atoms with Crippen molar-refractivity contribution in [3.63, 3.8) is 0 Å². The number of anilines is 1. The van der Waals surface area contributed by atoms with Gasteiger partial charge in [-0.05, 0) is 31.2 Å². The quantitative estimate of drug-likeness (QED) is 0.898. The monoisotopic (exact) mass is 269 g/mol. The summed E-state index contributed by atoms with van der Waals surface area (Å²) >= 11 is 0. The maximum absolute atomic E-state index is 6.04. The summed E-state index contributed by atoms with van der Waals surface area (Å²) in [4.78, 5) is 4.21. The fraction of sp³-hybridized carbons (Fsp3) is 0.312. The van der Waals surface area contributed by atoms with Gasteiger partial charge in [-0.1, -0.05) is 24.3 Å². The molecule has 1 aliphatic heterocycles. The van der Waals surface area contributed by atoms with Crippen LogP contribution in [0.15, 0.2) is 42.6 Å². The van der Waals surface area contributed by atoms with Crippen molar-refractivity contribution in [1.82, 2.24) is 10.3 Å². The Morgan fingerprint density at radius 1 is 1.30 bits per heavy atom. The molecule has 2 aromatic rings. The van der Waals surface area contributed by atoms with Gasteiger partial charge in [0.1, 0.15) is 11.6 Å². The van der Waals surface area contributed by atoms with Crippen LogP contribution in [0.3, 0.4) is 0 Å². The summed E-state index contributed by atoms with van der Waals surface area (Å²) in [6.45, 7) is 0.736. The Morgan fingerprint density at radius 2 is 2.15 bits per heavy atom. The zero-order valence-electron chi connectivity index (χ0n) is 11.5. The van der Waals surface area contributed by atoms with Crippen LogP contribution in [0.2, 0.25) is 0 Å². The van der Waals surface area contributed by atoms with Gasteiger partial charge in [-0.3, -0.25) is 0 Å². The second kappa shape index (κ2) is 5.51. The summed E-state index contributed by atoms with van der Waals surface area (Å²) in [7, 11) is 1.97. The van der Waals surface area contributed by atoms with E-state index in [9.17, 15) is 0 Å². The minimum absolute atomic E-state index is 0.147. The summed E-state index contributed by atoms with van der Waals surface area (Å²) < 4.78 is 5.74. The van der Waals surface area contributed by atoms with Crippen molar-refractivity contribution in [2.45, 2.75) is 18.4 Å². The standard InChI is InChI=1S/C16H19N3O/c1-18-15(13-6-4-9-19-16(13)17)12-8-10-20-14-7-3-2-5-11(12)14/h2-7,9,12,15,18H,8,10H2,1H3,(H2,17,19). The van der Waals surface area contributed by atoms with Crippen LogP contribution in [0.1, 0.15) is 29.5 Å². The molecule has 4 nitrogen and oxygen atoms in total. The van der Waals surface area contributed by atoms with Gasteiger partial charge in [-0.2, -0.15) is 0 Å². The van der Waals surface area contributed by atoms with Crippen LogP contribution < -0.4 is 15.8 Å². The Balaban J connectivity index is 2.01. The van der Waals surface area contributed by atoms with E-state index in [2.05, 4.69) is 22.4 Å². The first-order valence-corrected chi connectivity index (χ1v) is 6.90. The molecule has 1 aromatic heterocycles. The summed E-state index contributed by atoms with van der Waals surface area (Å²) in [5.41, 5.74) is 8.33. The van der Waals surface area contributed by atoms with E-state index in [0.717, 1.165) is 24.3 Å². The number of nitrogen functional groups attached to an aromatic ring is 1. The van der Waals surface area contributed by atoms with Gasteiger partial charge >= 0.3 is 0 Å². The lowest BCUT2D eigenvalue weighted by Gasteiger charge is -2.32. The lowest BCUT2D eigenvalue weighted by atomic mass is 9.83. The molecular formula is C16H19N3O. The van der Waals surface area contributed by atoms with Gasteiger partial charge in [-0.15, -0.1) is 0 Å². The molecule has 2 heterocycles. The number of nitrogens with one attached hydrogen (secondary N) is 1. The molecule has 104 valence electrons. The second-order valence-electron chi connectivity index (χ2n) is 5.03. The first-order chi connectivity index (χ1) is 9.81. The normalized spacial score (nSPS) is 18.9. The molecule has 0 fully saturated rings. The van der Waals surface area contributed by atoms with E-state index in [0.29, 0.717) is 11.7 Å². The maximum atomic E-state index is 6.04. The Labute approximate surface area is 119 Å². The lowest BCUT2D eigenvalue weighted by Crippen LogP contribution is -2.28. The molecule has 2 atom stereocenters. The SMILES string of the molecule is CNC(c1cccnc1N)C1CCOc2ccccc21. The van der Waals surface area contributed by atoms with Crippen LogP contribution >= 0.6 is 0 Å². The van der Waals surface area contributed by atoms with E-state index in [1.54, 1.807) is 6.20 Å². The van der Waals surface area contributed by atoms with Crippen molar-refractivity contribution in [2.24, 2.45) is 0 Å².